The third-order valence-corrected chi connectivity index (χ3v) is 3.77. The monoisotopic (exact) mass is 401 g/mol. The molecule has 0 unspecified atom stereocenters. The molecule has 0 aliphatic carbocycles. The van der Waals surface area contributed by atoms with Crippen LogP contribution in [0, 0.1) is 0 Å². The third kappa shape index (κ3) is 7.03. The summed E-state index contributed by atoms with van der Waals surface area (Å²) >= 11 is 0. The number of fused-ring (bicyclic) bond motifs is 1. The van der Waals surface area contributed by atoms with Gasteiger partial charge in [0.15, 0.2) is 0 Å². The van der Waals surface area contributed by atoms with Crippen molar-refractivity contribution in [2.24, 2.45) is 11.5 Å². The van der Waals surface area contributed by atoms with Gasteiger partial charge in [0, 0.05) is 31.7 Å². The van der Waals surface area contributed by atoms with Crippen molar-refractivity contribution in [2.75, 3.05) is 13.6 Å². The molecule has 144 valence electrons. The predicted octanol–water partition coefficient (Wildman–Crippen LogP) is 1.81. The van der Waals surface area contributed by atoms with Crippen LogP contribution in [0.3, 0.4) is 0 Å². The van der Waals surface area contributed by atoms with Crippen LogP contribution in [0.1, 0.15) is 18.4 Å². The Hall–Kier alpha value is -2.09. The Balaban J connectivity index is 0.00000312. The summed E-state index contributed by atoms with van der Waals surface area (Å²) in [4.78, 5) is 28.8. The predicted molar refractivity (Wildman–Crippen MR) is 108 cm³/mol. The van der Waals surface area contributed by atoms with Crippen molar-refractivity contribution < 1.29 is 9.59 Å². The normalized spacial score (nSPS) is 11.0. The summed E-state index contributed by atoms with van der Waals surface area (Å²) in [6.07, 6.45) is 2.85. The Morgan fingerprint density at radius 1 is 1.27 bits per heavy atom. The zero-order chi connectivity index (χ0) is 17.5. The minimum absolute atomic E-state index is 0. The SMILES string of the molecule is CN(Cc1ccc2ncccc2c1)C(=O)[C@@H](N)CCCNC(N)=O.Cl.Cl. The van der Waals surface area contributed by atoms with Gasteiger partial charge in [0.2, 0.25) is 5.91 Å². The molecular weight excluding hydrogens is 377 g/mol. The Labute approximate surface area is 165 Å². The quantitative estimate of drug-likeness (QED) is 0.613. The van der Waals surface area contributed by atoms with Gasteiger partial charge < -0.3 is 21.7 Å². The molecule has 0 spiro atoms. The largest absolute Gasteiger partial charge is 0.352 e. The number of rotatable bonds is 7. The van der Waals surface area contributed by atoms with E-state index in [0.29, 0.717) is 25.9 Å². The summed E-state index contributed by atoms with van der Waals surface area (Å²) in [5.74, 6) is -0.125. The van der Waals surface area contributed by atoms with Crippen molar-refractivity contribution in [3.05, 3.63) is 42.1 Å². The second-order valence-corrected chi connectivity index (χ2v) is 5.76. The van der Waals surface area contributed by atoms with E-state index in [2.05, 4.69) is 10.3 Å². The lowest BCUT2D eigenvalue weighted by molar-refractivity contribution is -0.132. The Kier molecular flexibility index (Phi) is 10.6. The van der Waals surface area contributed by atoms with Gasteiger partial charge in [-0.15, -0.1) is 24.8 Å². The molecule has 0 bridgehead atoms. The fourth-order valence-corrected chi connectivity index (χ4v) is 2.52. The maximum atomic E-state index is 12.3. The summed E-state index contributed by atoms with van der Waals surface area (Å²) in [7, 11) is 1.73. The van der Waals surface area contributed by atoms with Crippen LogP contribution in [-0.4, -0.2) is 41.5 Å². The van der Waals surface area contributed by atoms with Crippen molar-refractivity contribution >= 4 is 47.7 Å². The lowest BCUT2D eigenvalue weighted by atomic mass is 10.1. The van der Waals surface area contributed by atoms with Gasteiger partial charge in [0.25, 0.3) is 0 Å². The third-order valence-electron chi connectivity index (χ3n) is 3.77. The van der Waals surface area contributed by atoms with E-state index in [4.69, 9.17) is 11.5 Å². The number of pyridine rings is 1. The van der Waals surface area contributed by atoms with Crippen LogP contribution < -0.4 is 16.8 Å². The molecule has 0 saturated heterocycles. The molecule has 1 aromatic carbocycles. The summed E-state index contributed by atoms with van der Waals surface area (Å²) in [5.41, 5.74) is 12.9. The van der Waals surface area contributed by atoms with Gasteiger partial charge in [-0.2, -0.15) is 0 Å². The Morgan fingerprint density at radius 2 is 2.00 bits per heavy atom. The molecule has 3 amide bonds. The number of likely N-dealkylation sites (N-methyl/N-ethyl adjacent to an activating group) is 1. The average molecular weight is 402 g/mol. The zero-order valence-electron chi connectivity index (χ0n) is 14.6. The maximum Gasteiger partial charge on any atom is 0.312 e. The van der Waals surface area contributed by atoms with E-state index < -0.39 is 12.1 Å². The van der Waals surface area contributed by atoms with Gasteiger partial charge in [-0.1, -0.05) is 12.1 Å². The standard InChI is InChI=1S/C17H23N5O2.2ClH/c1-22(16(23)14(18)5-3-9-21-17(19)24)11-12-6-7-15-13(10-12)4-2-8-20-15;;/h2,4,6-8,10,14H,3,5,9,11,18H2,1H3,(H3,19,21,24);2*1H/t14-;;/m0../s1. The number of benzene rings is 1. The molecule has 5 N–H and O–H groups in total. The van der Waals surface area contributed by atoms with Gasteiger partial charge in [0.1, 0.15) is 0 Å². The number of nitrogens with two attached hydrogens (primary N) is 2. The molecule has 1 aromatic heterocycles. The van der Waals surface area contributed by atoms with E-state index in [1.807, 2.05) is 30.3 Å². The topological polar surface area (TPSA) is 114 Å². The minimum Gasteiger partial charge on any atom is -0.352 e. The van der Waals surface area contributed by atoms with Crippen LogP contribution in [0.25, 0.3) is 10.9 Å². The number of halogens is 2. The number of carbonyl (C=O) groups excluding carboxylic acids is 2. The van der Waals surface area contributed by atoms with E-state index in [0.717, 1.165) is 16.5 Å². The Morgan fingerprint density at radius 3 is 2.69 bits per heavy atom. The highest BCUT2D eigenvalue weighted by Gasteiger charge is 2.18. The van der Waals surface area contributed by atoms with Crippen LogP contribution in [0.4, 0.5) is 4.79 Å². The van der Waals surface area contributed by atoms with E-state index in [1.165, 1.54) is 0 Å². The van der Waals surface area contributed by atoms with Crippen molar-refractivity contribution in [3.8, 4) is 0 Å². The van der Waals surface area contributed by atoms with Crippen LogP contribution in [0.5, 0.6) is 0 Å². The van der Waals surface area contributed by atoms with E-state index in [-0.39, 0.29) is 30.7 Å². The first-order valence-electron chi connectivity index (χ1n) is 7.85. The van der Waals surface area contributed by atoms with Crippen molar-refractivity contribution in [2.45, 2.75) is 25.4 Å². The van der Waals surface area contributed by atoms with Crippen LogP contribution in [0.2, 0.25) is 0 Å². The van der Waals surface area contributed by atoms with Gasteiger partial charge in [-0.05, 0) is 36.6 Å². The second kappa shape index (κ2) is 11.5. The number of aromatic nitrogens is 1. The molecule has 7 nitrogen and oxygen atoms in total. The van der Waals surface area contributed by atoms with Crippen LogP contribution in [0.15, 0.2) is 36.5 Å². The smallest absolute Gasteiger partial charge is 0.312 e. The molecule has 0 aliphatic rings. The van der Waals surface area contributed by atoms with Gasteiger partial charge in [-0.25, -0.2) is 4.79 Å². The number of primary amides is 1. The van der Waals surface area contributed by atoms with Crippen molar-refractivity contribution in [1.82, 2.24) is 15.2 Å². The fourth-order valence-electron chi connectivity index (χ4n) is 2.52. The van der Waals surface area contributed by atoms with Gasteiger partial charge in [0.05, 0.1) is 11.6 Å². The maximum absolute atomic E-state index is 12.3. The summed E-state index contributed by atoms with van der Waals surface area (Å²) in [5, 5.41) is 3.52. The lowest BCUT2D eigenvalue weighted by Crippen LogP contribution is -2.42. The zero-order valence-corrected chi connectivity index (χ0v) is 16.2. The first-order chi connectivity index (χ1) is 11.5. The number of hydrogen-bond acceptors (Lipinski definition) is 4. The van der Waals surface area contributed by atoms with Gasteiger partial charge in [-0.3, -0.25) is 9.78 Å². The fraction of sp³-hybridized carbons (Fsp3) is 0.353. The molecule has 1 heterocycles. The molecule has 9 heteroatoms. The first-order valence-corrected chi connectivity index (χ1v) is 7.85. The highest BCUT2D eigenvalue weighted by Crippen LogP contribution is 2.15. The number of hydrogen-bond donors (Lipinski definition) is 3. The van der Waals surface area contributed by atoms with Crippen LogP contribution >= 0.6 is 24.8 Å². The number of nitrogens with zero attached hydrogens (tertiary/aromatic N) is 2. The molecule has 0 aliphatic heterocycles. The number of carbonyl (C=O) groups is 2. The minimum atomic E-state index is -0.591. The molecule has 0 saturated carbocycles. The summed E-state index contributed by atoms with van der Waals surface area (Å²) < 4.78 is 0. The van der Waals surface area contributed by atoms with Gasteiger partial charge >= 0.3 is 6.03 Å². The van der Waals surface area contributed by atoms with E-state index >= 15 is 0 Å². The molecular formula is C17H25Cl2N5O2. The number of urea groups is 1. The number of nitrogens with one attached hydrogen (secondary N) is 1. The number of amides is 3. The van der Waals surface area contributed by atoms with Crippen molar-refractivity contribution in [1.29, 1.82) is 0 Å². The molecule has 2 aromatic rings. The molecule has 26 heavy (non-hydrogen) atoms. The summed E-state index contributed by atoms with van der Waals surface area (Å²) in [6, 6.07) is 8.64. The average Bonchev–Trinajstić information content (AvgIpc) is 2.57. The van der Waals surface area contributed by atoms with E-state index in [1.54, 1.807) is 18.1 Å². The van der Waals surface area contributed by atoms with Crippen LogP contribution in [-0.2, 0) is 11.3 Å². The molecule has 2 rings (SSSR count). The lowest BCUT2D eigenvalue weighted by Gasteiger charge is -2.21. The Bertz CT molecular complexity index is 729. The summed E-state index contributed by atoms with van der Waals surface area (Å²) in [6.45, 7) is 0.897. The highest BCUT2D eigenvalue weighted by molar-refractivity contribution is 5.85. The van der Waals surface area contributed by atoms with Crippen molar-refractivity contribution in [3.63, 3.8) is 0 Å². The molecule has 0 radical (unpaired) electrons. The highest BCUT2D eigenvalue weighted by atomic mass is 35.5. The molecule has 0 fully saturated rings. The second-order valence-electron chi connectivity index (χ2n) is 5.76. The molecule has 1 atom stereocenters. The first kappa shape index (κ1) is 23.9. The van der Waals surface area contributed by atoms with E-state index in [9.17, 15) is 9.59 Å².